The van der Waals surface area contributed by atoms with E-state index in [1.54, 1.807) is 0 Å². The van der Waals surface area contributed by atoms with Gasteiger partial charge >= 0.3 is 0 Å². The van der Waals surface area contributed by atoms with Gasteiger partial charge < -0.3 is 0 Å². The van der Waals surface area contributed by atoms with Crippen LogP contribution in [0.5, 0.6) is 0 Å². The number of hydrogen-bond acceptors (Lipinski definition) is 1. The summed E-state index contributed by atoms with van der Waals surface area (Å²) in [6.45, 7) is 12.1. The highest BCUT2D eigenvalue weighted by atomic mass is 16.1. The minimum absolute atomic E-state index is 0.169. The van der Waals surface area contributed by atoms with E-state index >= 15 is 0 Å². The second kappa shape index (κ2) is 7.21. The Kier molecular flexibility index (Phi) is 6.71. The maximum Gasteiger partial charge on any atom is 0.166 e. The van der Waals surface area contributed by atoms with Crippen molar-refractivity contribution >= 4 is 5.78 Å². The number of benzene rings is 1. The third-order valence-electron chi connectivity index (χ3n) is 2.88. The van der Waals surface area contributed by atoms with Gasteiger partial charge in [0.15, 0.2) is 5.78 Å². The molecule has 90 valence electrons. The van der Waals surface area contributed by atoms with Crippen molar-refractivity contribution in [2.24, 2.45) is 5.92 Å². The molecule has 1 aliphatic carbocycles. The van der Waals surface area contributed by atoms with Crippen molar-refractivity contribution in [3.8, 4) is 0 Å². The maximum absolute atomic E-state index is 11.6. The number of fused-ring (bicyclic) bond motifs is 1. The molecule has 2 rings (SSSR count). The molecule has 0 amide bonds. The lowest BCUT2D eigenvalue weighted by atomic mass is 9.96. The second-order valence-corrected chi connectivity index (χ2v) is 3.53. The fraction of sp³-hybridized carbons (Fsp3) is 0.533. The monoisotopic (exact) mass is 220 g/mol. The molecule has 0 fully saturated rings. The average molecular weight is 220 g/mol. The van der Waals surface area contributed by atoms with Crippen LogP contribution in [-0.4, -0.2) is 5.78 Å². The lowest BCUT2D eigenvalue weighted by Crippen LogP contribution is -2.06. The lowest BCUT2D eigenvalue weighted by molar-refractivity contribution is 0.0937. The van der Waals surface area contributed by atoms with Gasteiger partial charge in [0.25, 0.3) is 0 Å². The fourth-order valence-corrected chi connectivity index (χ4v) is 1.86. The van der Waals surface area contributed by atoms with E-state index in [1.165, 1.54) is 5.56 Å². The zero-order valence-electron chi connectivity index (χ0n) is 11.4. The van der Waals surface area contributed by atoms with Crippen LogP contribution < -0.4 is 0 Å². The van der Waals surface area contributed by atoms with Crippen LogP contribution in [0, 0.1) is 5.92 Å². The van der Waals surface area contributed by atoms with Crippen LogP contribution in [0.1, 0.15) is 63.4 Å². The Morgan fingerprint density at radius 1 is 0.875 bits per heavy atom. The summed E-state index contributed by atoms with van der Waals surface area (Å²) in [6.07, 6.45) is 0. The summed E-state index contributed by atoms with van der Waals surface area (Å²) in [5.74, 6) is 0.870. The Hall–Kier alpha value is -1.11. The van der Waals surface area contributed by atoms with Crippen molar-refractivity contribution in [3.63, 3.8) is 0 Å². The molecule has 16 heavy (non-hydrogen) atoms. The first kappa shape index (κ1) is 14.9. The fourth-order valence-electron chi connectivity index (χ4n) is 1.86. The number of carbonyl (C=O) groups is 1. The summed E-state index contributed by atoms with van der Waals surface area (Å²) in [5.41, 5.74) is 2.15. The van der Waals surface area contributed by atoms with Crippen LogP contribution in [0.25, 0.3) is 0 Å². The third kappa shape index (κ3) is 2.72. The van der Waals surface area contributed by atoms with E-state index in [-0.39, 0.29) is 5.92 Å². The Bertz CT molecular complexity index is 328. The summed E-state index contributed by atoms with van der Waals surface area (Å²) in [6, 6.07) is 7.92. The van der Waals surface area contributed by atoms with Crippen LogP contribution in [0.4, 0.5) is 0 Å². The van der Waals surface area contributed by atoms with Gasteiger partial charge in [-0.3, -0.25) is 4.79 Å². The molecular weight excluding hydrogens is 196 g/mol. The number of hydrogen-bond donors (Lipinski definition) is 0. The minimum Gasteiger partial charge on any atom is -0.294 e. The van der Waals surface area contributed by atoms with Gasteiger partial charge in [-0.15, -0.1) is 0 Å². The van der Waals surface area contributed by atoms with E-state index in [9.17, 15) is 4.79 Å². The van der Waals surface area contributed by atoms with Crippen molar-refractivity contribution in [3.05, 3.63) is 35.4 Å². The maximum atomic E-state index is 11.6. The zero-order chi connectivity index (χ0) is 12.7. The van der Waals surface area contributed by atoms with Crippen LogP contribution in [0.15, 0.2) is 24.3 Å². The highest BCUT2D eigenvalue weighted by Gasteiger charge is 2.32. The minimum atomic E-state index is 0.169. The highest BCUT2D eigenvalue weighted by Crippen LogP contribution is 2.36. The van der Waals surface area contributed by atoms with Crippen molar-refractivity contribution in [1.29, 1.82) is 0 Å². The molecule has 0 saturated carbocycles. The quantitative estimate of drug-likeness (QED) is 0.620. The number of carbonyl (C=O) groups excluding carboxylic acids is 1. The number of Topliss-reactive ketones (excluding diaryl/α,β-unsaturated/α-hetero) is 1. The van der Waals surface area contributed by atoms with E-state index < -0.39 is 0 Å². The molecule has 0 spiro atoms. The molecule has 0 aromatic heterocycles. The van der Waals surface area contributed by atoms with Gasteiger partial charge in [0.2, 0.25) is 0 Å². The number of ketones is 1. The molecule has 0 saturated heterocycles. The first-order valence-corrected chi connectivity index (χ1v) is 6.35. The van der Waals surface area contributed by atoms with Crippen molar-refractivity contribution in [1.82, 2.24) is 0 Å². The molecular formula is C15H24O. The van der Waals surface area contributed by atoms with Crippen molar-refractivity contribution in [2.75, 3.05) is 0 Å². The van der Waals surface area contributed by atoms with E-state index in [2.05, 4.69) is 13.0 Å². The SMILES string of the molecule is CC.CC.CC1C(=O)c2ccccc2C1C. The molecule has 0 bridgehead atoms. The largest absolute Gasteiger partial charge is 0.294 e. The summed E-state index contributed by atoms with van der Waals surface area (Å²) in [4.78, 5) is 11.6. The molecule has 2 unspecified atom stereocenters. The molecule has 0 heterocycles. The zero-order valence-corrected chi connectivity index (χ0v) is 11.4. The van der Waals surface area contributed by atoms with E-state index in [4.69, 9.17) is 0 Å². The standard InChI is InChI=1S/C11H12O.2C2H6/c1-7-8(2)11(12)10-6-4-3-5-9(7)10;2*1-2/h3-8H,1-2H3;2*1-2H3. The van der Waals surface area contributed by atoms with Gasteiger partial charge in [0, 0.05) is 11.5 Å². The van der Waals surface area contributed by atoms with E-state index in [1.807, 2.05) is 52.8 Å². The highest BCUT2D eigenvalue weighted by molar-refractivity contribution is 6.02. The van der Waals surface area contributed by atoms with Crippen LogP contribution >= 0.6 is 0 Å². The first-order valence-electron chi connectivity index (χ1n) is 6.35. The average Bonchev–Trinajstić information content (AvgIpc) is 2.60. The summed E-state index contributed by atoms with van der Waals surface area (Å²) in [5, 5.41) is 0. The van der Waals surface area contributed by atoms with Gasteiger partial charge in [-0.05, 0) is 11.5 Å². The van der Waals surface area contributed by atoms with Crippen LogP contribution in [0.3, 0.4) is 0 Å². The van der Waals surface area contributed by atoms with Gasteiger partial charge in [0.05, 0.1) is 0 Å². The topological polar surface area (TPSA) is 17.1 Å². The summed E-state index contributed by atoms with van der Waals surface area (Å²) < 4.78 is 0. The molecule has 1 aromatic carbocycles. The van der Waals surface area contributed by atoms with Crippen molar-refractivity contribution in [2.45, 2.75) is 47.5 Å². The van der Waals surface area contributed by atoms with Gasteiger partial charge in [0.1, 0.15) is 0 Å². The lowest BCUT2D eigenvalue weighted by Gasteiger charge is -2.06. The summed E-state index contributed by atoms with van der Waals surface area (Å²) >= 11 is 0. The normalized spacial score (nSPS) is 21.2. The van der Waals surface area contributed by atoms with Gasteiger partial charge in [-0.1, -0.05) is 65.8 Å². The molecule has 2 atom stereocenters. The number of rotatable bonds is 0. The van der Waals surface area contributed by atoms with Crippen molar-refractivity contribution < 1.29 is 4.79 Å². The Labute approximate surface area is 99.9 Å². The predicted octanol–water partition coefficient (Wildman–Crippen LogP) is 4.67. The molecule has 0 N–H and O–H groups in total. The predicted molar refractivity (Wildman–Crippen MR) is 71.0 cm³/mol. The summed E-state index contributed by atoms with van der Waals surface area (Å²) in [7, 11) is 0. The Balaban J connectivity index is 0.000000509. The Morgan fingerprint density at radius 3 is 1.88 bits per heavy atom. The third-order valence-corrected chi connectivity index (χ3v) is 2.88. The van der Waals surface area contributed by atoms with Gasteiger partial charge in [-0.25, -0.2) is 0 Å². The smallest absolute Gasteiger partial charge is 0.166 e. The van der Waals surface area contributed by atoms with E-state index in [0.717, 1.165) is 5.56 Å². The van der Waals surface area contributed by atoms with Gasteiger partial charge in [-0.2, -0.15) is 0 Å². The molecule has 1 heteroatoms. The van der Waals surface area contributed by atoms with Crippen LogP contribution in [-0.2, 0) is 0 Å². The molecule has 0 radical (unpaired) electrons. The Morgan fingerprint density at radius 2 is 1.38 bits per heavy atom. The second-order valence-electron chi connectivity index (χ2n) is 3.53. The first-order chi connectivity index (χ1) is 7.72. The molecule has 1 aliphatic rings. The molecule has 0 aliphatic heterocycles. The van der Waals surface area contributed by atoms with Crippen LogP contribution in [0.2, 0.25) is 0 Å². The molecule has 1 aromatic rings. The molecule has 1 nitrogen and oxygen atoms in total. The van der Waals surface area contributed by atoms with E-state index in [0.29, 0.717) is 11.7 Å².